The van der Waals surface area contributed by atoms with Crippen molar-refractivity contribution in [3.8, 4) is 0 Å². The fourth-order valence-corrected chi connectivity index (χ4v) is 3.25. The molecular formula is C18H24N2O. The molecule has 1 aromatic carbocycles. The lowest BCUT2D eigenvalue weighted by Crippen LogP contribution is -2.34. The lowest BCUT2D eigenvalue weighted by molar-refractivity contribution is -0.131. The van der Waals surface area contributed by atoms with Crippen LogP contribution in [0.3, 0.4) is 0 Å². The van der Waals surface area contributed by atoms with E-state index < -0.39 is 0 Å². The molecule has 0 spiro atoms. The highest BCUT2D eigenvalue weighted by Crippen LogP contribution is 2.27. The van der Waals surface area contributed by atoms with Crippen LogP contribution in [-0.2, 0) is 17.6 Å². The summed E-state index contributed by atoms with van der Waals surface area (Å²) >= 11 is 0. The van der Waals surface area contributed by atoms with E-state index in [2.05, 4.69) is 44.0 Å². The first-order chi connectivity index (χ1) is 10.0. The number of aromatic amines is 1. The maximum atomic E-state index is 12.3. The van der Waals surface area contributed by atoms with Gasteiger partial charge in [-0.3, -0.25) is 4.79 Å². The molecule has 1 aliphatic rings. The predicted octanol–water partition coefficient (Wildman–Crippen LogP) is 3.45. The number of nitrogens with zero attached hydrogens (tertiary/aromatic N) is 1. The van der Waals surface area contributed by atoms with Crippen molar-refractivity contribution >= 4 is 16.8 Å². The van der Waals surface area contributed by atoms with Gasteiger partial charge >= 0.3 is 0 Å². The summed E-state index contributed by atoms with van der Waals surface area (Å²) in [5, 5.41) is 1.34. The first-order valence-electron chi connectivity index (χ1n) is 7.92. The van der Waals surface area contributed by atoms with Gasteiger partial charge in [0.05, 0.1) is 0 Å². The van der Waals surface area contributed by atoms with Crippen molar-refractivity contribution in [2.45, 2.75) is 40.0 Å². The van der Waals surface area contributed by atoms with Gasteiger partial charge in [-0.25, -0.2) is 0 Å². The van der Waals surface area contributed by atoms with Crippen LogP contribution in [0.2, 0.25) is 0 Å². The number of aryl methyl sites for hydroxylation is 1. The molecule has 1 aromatic heterocycles. The predicted molar refractivity (Wildman–Crippen MR) is 86.5 cm³/mol. The Bertz CT molecular complexity index is 669. The number of carbonyl (C=O) groups excluding carboxylic acids is 1. The maximum absolute atomic E-state index is 12.3. The van der Waals surface area contributed by atoms with Gasteiger partial charge in [0.15, 0.2) is 0 Å². The Morgan fingerprint density at radius 2 is 2.05 bits per heavy atom. The molecule has 112 valence electrons. The van der Waals surface area contributed by atoms with Gasteiger partial charge < -0.3 is 9.88 Å². The minimum Gasteiger partial charge on any atom is -0.358 e. The summed E-state index contributed by atoms with van der Waals surface area (Å²) in [6.45, 7) is 8.03. The summed E-state index contributed by atoms with van der Waals surface area (Å²) < 4.78 is 0. The van der Waals surface area contributed by atoms with E-state index in [9.17, 15) is 4.79 Å². The van der Waals surface area contributed by atoms with Crippen LogP contribution >= 0.6 is 0 Å². The van der Waals surface area contributed by atoms with Gasteiger partial charge in [-0.2, -0.15) is 0 Å². The highest BCUT2D eigenvalue weighted by molar-refractivity contribution is 5.85. The number of nitrogens with one attached hydrogen (secondary N) is 1. The fourth-order valence-electron chi connectivity index (χ4n) is 3.25. The summed E-state index contributed by atoms with van der Waals surface area (Å²) in [6.07, 6.45) is 2.56. The molecule has 1 N–H and O–H groups in total. The number of hydrogen-bond donors (Lipinski definition) is 1. The molecule has 1 amide bonds. The average Bonchev–Trinajstić information content (AvgIpc) is 2.62. The lowest BCUT2D eigenvalue weighted by Gasteiger charge is -2.21. The van der Waals surface area contributed by atoms with Crippen molar-refractivity contribution in [1.82, 2.24) is 9.88 Å². The zero-order valence-electron chi connectivity index (χ0n) is 13.2. The number of amides is 1. The number of benzene rings is 1. The number of carbonyl (C=O) groups is 1. The number of fused-ring (bicyclic) bond motifs is 3. The van der Waals surface area contributed by atoms with Gasteiger partial charge in [-0.05, 0) is 37.0 Å². The van der Waals surface area contributed by atoms with Crippen molar-refractivity contribution in [2.75, 3.05) is 13.1 Å². The fraction of sp³-hybridized carbons (Fsp3) is 0.500. The van der Waals surface area contributed by atoms with Gasteiger partial charge in [-0.1, -0.05) is 25.5 Å². The molecular weight excluding hydrogens is 260 g/mol. The molecule has 3 rings (SSSR count). The SMILES string of the molecule is Cc1ccc2[nH]c3c(c2c1)CCN(C(=O)CC(C)C)CC3. The van der Waals surface area contributed by atoms with E-state index in [4.69, 9.17) is 0 Å². The van der Waals surface area contributed by atoms with E-state index in [0.717, 1.165) is 25.9 Å². The Hall–Kier alpha value is -1.77. The van der Waals surface area contributed by atoms with Gasteiger partial charge in [0.1, 0.15) is 0 Å². The van der Waals surface area contributed by atoms with Gasteiger partial charge in [0.2, 0.25) is 5.91 Å². The van der Waals surface area contributed by atoms with Crippen LogP contribution in [0.4, 0.5) is 0 Å². The average molecular weight is 284 g/mol. The van der Waals surface area contributed by atoms with E-state index in [0.29, 0.717) is 18.2 Å². The van der Waals surface area contributed by atoms with Crippen LogP contribution in [0.5, 0.6) is 0 Å². The lowest BCUT2D eigenvalue weighted by atomic mass is 10.1. The molecule has 0 atom stereocenters. The molecule has 21 heavy (non-hydrogen) atoms. The summed E-state index contributed by atoms with van der Waals surface area (Å²) in [7, 11) is 0. The van der Waals surface area contributed by atoms with E-state index >= 15 is 0 Å². The molecule has 3 heteroatoms. The summed E-state index contributed by atoms with van der Waals surface area (Å²) in [5.41, 5.74) is 5.25. The summed E-state index contributed by atoms with van der Waals surface area (Å²) in [4.78, 5) is 17.9. The molecule has 2 heterocycles. The third-order valence-corrected chi connectivity index (χ3v) is 4.35. The van der Waals surface area contributed by atoms with Crippen LogP contribution in [0.15, 0.2) is 18.2 Å². The molecule has 3 nitrogen and oxygen atoms in total. The Morgan fingerprint density at radius 3 is 2.81 bits per heavy atom. The number of hydrogen-bond acceptors (Lipinski definition) is 1. The highest BCUT2D eigenvalue weighted by Gasteiger charge is 2.21. The Kier molecular flexibility index (Phi) is 3.75. The van der Waals surface area contributed by atoms with Crippen molar-refractivity contribution in [2.24, 2.45) is 5.92 Å². The molecule has 0 saturated carbocycles. The minimum atomic E-state index is 0.302. The molecule has 0 bridgehead atoms. The highest BCUT2D eigenvalue weighted by atomic mass is 16.2. The number of rotatable bonds is 2. The van der Waals surface area contributed by atoms with Crippen LogP contribution in [-0.4, -0.2) is 28.9 Å². The van der Waals surface area contributed by atoms with E-state index in [-0.39, 0.29) is 0 Å². The molecule has 2 aromatic rings. The van der Waals surface area contributed by atoms with Gasteiger partial charge in [0, 0.05) is 42.5 Å². The molecule has 1 aliphatic heterocycles. The molecule has 0 aliphatic carbocycles. The minimum absolute atomic E-state index is 0.302. The second-order valence-electron chi connectivity index (χ2n) is 6.61. The zero-order chi connectivity index (χ0) is 15.0. The molecule has 0 unspecified atom stereocenters. The second-order valence-corrected chi connectivity index (χ2v) is 6.61. The Balaban J connectivity index is 1.83. The maximum Gasteiger partial charge on any atom is 0.222 e. The van der Waals surface area contributed by atoms with E-state index in [1.54, 1.807) is 0 Å². The second kappa shape index (κ2) is 5.55. The normalized spacial score (nSPS) is 15.3. The number of aromatic nitrogens is 1. The van der Waals surface area contributed by atoms with Crippen LogP contribution in [0.1, 0.15) is 37.1 Å². The van der Waals surface area contributed by atoms with Crippen LogP contribution in [0.25, 0.3) is 10.9 Å². The van der Waals surface area contributed by atoms with Crippen molar-refractivity contribution < 1.29 is 4.79 Å². The molecule has 0 saturated heterocycles. The smallest absolute Gasteiger partial charge is 0.222 e. The standard InChI is InChI=1S/C18H24N2O/c1-12(2)10-18(21)20-8-6-14-15-11-13(3)4-5-16(15)19-17(14)7-9-20/h4-5,11-12,19H,6-10H2,1-3H3. The topological polar surface area (TPSA) is 36.1 Å². The van der Waals surface area contributed by atoms with Crippen molar-refractivity contribution in [3.63, 3.8) is 0 Å². The summed E-state index contributed by atoms with van der Waals surface area (Å²) in [5.74, 6) is 0.734. The van der Waals surface area contributed by atoms with Crippen molar-refractivity contribution in [1.29, 1.82) is 0 Å². The van der Waals surface area contributed by atoms with Gasteiger partial charge in [-0.15, -0.1) is 0 Å². The van der Waals surface area contributed by atoms with E-state index in [1.807, 2.05) is 4.90 Å². The Morgan fingerprint density at radius 1 is 1.29 bits per heavy atom. The van der Waals surface area contributed by atoms with E-state index in [1.165, 1.54) is 27.7 Å². The zero-order valence-corrected chi connectivity index (χ0v) is 13.2. The first-order valence-corrected chi connectivity index (χ1v) is 7.92. The third-order valence-electron chi connectivity index (χ3n) is 4.35. The van der Waals surface area contributed by atoms with Gasteiger partial charge in [0.25, 0.3) is 0 Å². The van der Waals surface area contributed by atoms with Crippen molar-refractivity contribution in [3.05, 3.63) is 35.0 Å². The molecule has 0 radical (unpaired) electrons. The monoisotopic (exact) mass is 284 g/mol. The van der Waals surface area contributed by atoms with Crippen LogP contribution in [0, 0.1) is 12.8 Å². The molecule has 0 fully saturated rings. The third kappa shape index (κ3) is 2.82. The first kappa shape index (κ1) is 14.2. The summed E-state index contributed by atoms with van der Waals surface area (Å²) in [6, 6.07) is 6.58. The largest absolute Gasteiger partial charge is 0.358 e. The quantitative estimate of drug-likeness (QED) is 0.901. The Labute approximate surface area is 126 Å². The number of H-pyrrole nitrogens is 1. The van der Waals surface area contributed by atoms with Crippen LogP contribution < -0.4 is 0 Å².